The Labute approximate surface area is 152 Å². The van der Waals surface area contributed by atoms with Crippen molar-refractivity contribution < 1.29 is 14.2 Å². The summed E-state index contributed by atoms with van der Waals surface area (Å²) in [4.78, 5) is 0. The van der Waals surface area contributed by atoms with Crippen LogP contribution < -0.4 is 10.5 Å². The van der Waals surface area contributed by atoms with Crippen molar-refractivity contribution in [2.75, 3.05) is 39.3 Å². The number of aryl methyl sites for hydroxylation is 1. The fraction of sp³-hybridized carbons (Fsp3) is 0.524. The number of nitrogen functional groups attached to an aromatic ring is 1. The molecular formula is C21H33NO3. The van der Waals surface area contributed by atoms with E-state index >= 15 is 0 Å². The molecule has 0 heterocycles. The lowest BCUT2D eigenvalue weighted by Crippen LogP contribution is -2.35. The van der Waals surface area contributed by atoms with Gasteiger partial charge in [0.2, 0.25) is 0 Å². The van der Waals surface area contributed by atoms with Gasteiger partial charge in [0.1, 0.15) is 5.75 Å². The van der Waals surface area contributed by atoms with E-state index in [-0.39, 0.29) is 5.41 Å². The lowest BCUT2D eigenvalue weighted by molar-refractivity contribution is -0.0170. The molecule has 0 spiro atoms. The fourth-order valence-electron chi connectivity index (χ4n) is 2.47. The molecule has 0 fully saturated rings. The first kappa shape index (κ1) is 21.3. The maximum atomic E-state index is 6.02. The summed E-state index contributed by atoms with van der Waals surface area (Å²) in [7, 11) is 1.70. The molecule has 0 amide bonds. The summed E-state index contributed by atoms with van der Waals surface area (Å²) in [6.45, 7) is 10.5. The van der Waals surface area contributed by atoms with Crippen molar-refractivity contribution in [1.29, 1.82) is 0 Å². The molecule has 4 heteroatoms. The van der Waals surface area contributed by atoms with Gasteiger partial charge in [-0.2, -0.15) is 0 Å². The minimum Gasteiger partial charge on any atom is -0.490 e. The molecule has 1 unspecified atom stereocenters. The Hall–Kier alpha value is -1.78. The average molecular weight is 347 g/mol. The van der Waals surface area contributed by atoms with E-state index in [0.29, 0.717) is 32.1 Å². The van der Waals surface area contributed by atoms with Crippen molar-refractivity contribution >= 4 is 5.69 Å². The van der Waals surface area contributed by atoms with Gasteiger partial charge in [-0.1, -0.05) is 44.2 Å². The van der Waals surface area contributed by atoms with Crippen molar-refractivity contribution in [1.82, 2.24) is 0 Å². The molecule has 0 aliphatic rings. The predicted octanol–water partition coefficient (Wildman–Crippen LogP) is 4.54. The molecular weight excluding hydrogens is 314 g/mol. The molecule has 2 N–H and O–H groups in total. The van der Waals surface area contributed by atoms with Crippen LogP contribution in [-0.4, -0.2) is 33.5 Å². The molecule has 0 bridgehead atoms. The van der Waals surface area contributed by atoms with Gasteiger partial charge < -0.3 is 19.9 Å². The third-order valence-electron chi connectivity index (χ3n) is 3.83. The van der Waals surface area contributed by atoms with Crippen LogP contribution in [0.25, 0.3) is 0 Å². The molecule has 1 atom stereocenters. The summed E-state index contributed by atoms with van der Waals surface area (Å²) in [5.41, 5.74) is 8.65. The standard InChI is InChI=1S/C21H33NO3/c1-6-7-8-10-17(2)13-24-15-21(4,14-23-5)16-25-20-18(3)11-9-12-19(20)22/h7-12H,6,13-16,22H2,1-5H3/b8-7-,17-10-. The minimum atomic E-state index is -0.247. The summed E-state index contributed by atoms with van der Waals surface area (Å²) in [5.74, 6) is 0.741. The van der Waals surface area contributed by atoms with Crippen LogP contribution in [0.2, 0.25) is 0 Å². The second-order valence-electron chi connectivity index (χ2n) is 6.87. The number of methoxy groups -OCH3 is 1. The molecule has 0 aromatic heterocycles. The molecule has 25 heavy (non-hydrogen) atoms. The van der Waals surface area contributed by atoms with Crippen LogP contribution in [0.3, 0.4) is 0 Å². The van der Waals surface area contributed by atoms with E-state index in [0.717, 1.165) is 17.7 Å². The van der Waals surface area contributed by atoms with Crippen LogP contribution in [-0.2, 0) is 9.47 Å². The lowest BCUT2D eigenvalue weighted by atomic mass is 9.94. The van der Waals surface area contributed by atoms with Gasteiger partial charge in [0, 0.05) is 12.5 Å². The summed E-state index contributed by atoms with van der Waals surface area (Å²) < 4.78 is 17.3. The number of anilines is 1. The highest BCUT2D eigenvalue weighted by Crippen LogP contribution is 2.28. The van der Waals surface area contributed by atoms with Crippen LogP contribution in [0.1, 0.15) is 32.8 Å². The summed E-state index contributed by atoms with van der Waals surface area (Å²) in [6, 6.07) is 5.77. The highest BCUT2D eigenvalue weighted by Gasteiger charge is 2.27. The van der Waals surface area contributed by atoms with Gasteiger partial charge in [0.15, 0.2) is 0 Å². The molecule has 0 radical (unpaired) electrons. The maximum Gasteiger partial charge on any atom is 0.145 e. The number of rotatable bonds is 11. The zero-order chi connectivity index (χ0) is 18.7. The zero-order valence-corrected chi connectivity index (χ0v) is 16.3. The van der Waals surface area contributed by atoms with Crippen molar-refractivity contribution in [2.45, 2.75) is 34.1 Å². The van der Waals surface area contributed by atoms with Crippen LogP contribution >= 0.6 is 0 Å². The van der Waals surface area contributed by atoms with Crippen LogP contribution in [0.5, 0.6) is 5.75 Å². The SMILES string of the molecule is CC/C=C\C=C(\C)COCC(C)(COC)COc1c(C)cccc1N. The predicted molar refractivity (Wildman–Crippen MR) is 105 cm³/mol. The van der Waals surface area contributed by atoms with E-state index in [4.69, 9.17) is 19.9 Å². The second kappa shape index (κ2) is 11.0. The number of benzene rings is 1. The molecule has 1 rings (SSSR count). The number of allylic oxidation sites excluding steroid dienone is 3. The van der Waals surface area contributed by atoms with E-state index < -0.39 is 0 Å². The normalized spacial score (nSPS) is 14.7. The topological polar surface area (TPSA) is 53.7 Å². The van der Waals surface area contributed by atoms with Crippen molar-refractivity contribution in [2.24, 2.45) is 5.41 Å². The Morgan fingerprint density at radius 2 is 2.00 bits per heavy atom. The van der Waals surface area contributed by atoms with Gasteiger partial charge in [-0.3, -0.25) is 0 Å². The van der Waals surface area contributed by atoms with Gasteiger partial charge in [0.05, 0.1) is 32.1 Å². The molecule has 1 aromatic rings. The number of hydrogen-bond acceptors (Lipinski definition) is 4. The van der Waals surface area contributed by atoms with Crippen LogP contribution in [0.15, 0.2) is 42.0 Å². The monoisotopic (exact) mass is 347 g/mol. The van der Waals surface area contributed by atoms with Crippen molar-refractivity contribution in [3.8, 4) is 5.75 Å². The van der Waals surface area contributed by atoms with E-state index in [1.54, 1.807) is 7.11 Å². The summed E-state index contributed by atoms with van der Waals surface area (Å²) in [5, 5.41) is 0. The lowest BCUT2D eigenvalue weighted by Gasteiger charge is -2.29. The quantitative estimate of drug-likeness (QED) is 0.472. The summed E-state index contributed by atoms with van der Waals surface area (Å²) in [6.07, 6.45) is 7.31. The Balaban J connectivity index is 2.61. The first-order valence-electron chi connectivity index (χ1n) is 8.78. The maximum absolute atomic E-state index is 6.02. The van der Waals surface area contributed by atoms with Gasteiger partial charge in [-0.15, -0.1) is 0 Å². The molecule has 0 aliphatic heterocycles. The van der Waals surface area contributed by atoms with Crippen molar-refractivity contribution in [3.63, 3.8) is 0 Å². The Bertz CT molecular complexity index is 560. The Morgan fingerprint density at radius 1 is 1.24 bits per heavy atom. The Morgan fingerprint density at radius 3 is 2.64 bits per heavy atom. The average Bonchev–Trinajstić information content (AvgIpc) is 2.55. The molecule has 0 aliphatic carbocycles. The third-order valence-corrected chi connectivity index (χ3v) is 3.83. The first-order valence-corrected chi connectivity index (χ1v) is 8.78. The van der Waals surface area contributed by atoms with Gasteiger partial charge >= 0.3 is 0 Å². The minimum absolute atomic E-state index is 0.247. The van der Waals surface area contributed by atoms with Gasteiger partial charge in [-0.25, -0.2) is 0 Å². The number of ether oxygens (including phenoxy) is 3. The Kier molecular flexibility index (Phi) is 9.32. The van der Waals surface area contributed by atoms with Gasteiger partial charge in [-0.05, 0) is 37.5 Å². The molecule has 0 saturated heterocycles. The smallest absolute Gasteiger partial charge is 0.145 e. The number of para-hydroxylation sites is 1. The summed E-state index contributed by atoms with van der Waals surface area (Å²) >= 11 is 0. The van der Waals surface area contributed by atoms with E-state index in [1.165, 1.54) is 5.57 Å². The van der Waals surface area contributed by atoms with Crippen LogP contribution in [0.4, 0.5) is 5.69 Å². The second-order valence-corrected chi connectivity index (χ2v) is 6.87. The molecule has 0 saturated carbocycles. The van der Waals surface area contributed by atoms with E-state index in [1.807, 2.05) is 25.1 Å². The third kappa shape index (κ3) is 7.76. The van der Waals surface area contributed by atoms with Crippen molar-refractivity contribution in [3.05, 3.63) is 47.6 Å². The van der Waals surface area contributed by atoms with Gasteiger partial charge in [0.25, 0.3) is 0 Å². The van der Waals surface area contributed by atoms with E-state index in [2.05, 4.69) is 39.0 Å². The largest absolute Gasteiger partial charge is 0.490 e. The molecule has 1 aromatic carbocycles. The van der Waals surface area contributed by atoms with Crippen LogP contribution in [0, 0.1) is 12.3 Å². The first-order chi connectivity index (χ1) is 11.9. The van der Waals surface area contributed by atoms with E-state index in [9.17, 15) is 0 Å². The molecule has 4 nitrogen and oxygen atoms in total. The number of hydrogen-bond donors (Lipinski definition) is 1. The number of nitrogens with two attached hydrogens (primary N) is 1. The highest BCUT2D eigenvalue weighted by atomic mass is 16.5. The molecule has 140 valence electrons. The fourth-order valence-corrected chi connectivity index (χ4v) is 2.47. The zero-order valence-electron chi connectivity index (χ0n) is 16.3. The highest BCUT2D eigenvalue weighted by molar-refractivity contribution is 5.56.